The number of benzene rings is 2. The van der Waals surface area contributed by atoms with Gasteiger partial charge in [0, 0.05) is 19.1 Å². The van der Waals surface area contributed by atoms with Crippen molar-refractivity contribution < 1.29 is 4.74 Å². The highest BCUT2D eigenvalue weighted by molar-refractivity contribution is 5.31. The number of rotatable bonds is 6. The fraction of sp³-hybridized carbons (Fsp3) is 0.455. The monoisotopic (exact) mass is 321 g/mol. The second-order valence-electron chi connectivity index (χ2n) is 7.32. The quantitative estimate of drug-likeness (QED) is 0.775. The van der Waals surface area contributed by atoms with Crippen molar-refractivity contribution in [3.8, 4) is 5.75 Å². The number of fused-ring (bicyclic) bond motifs is 3. The van der Waals surface area contributed by atoms with Gasteiger partial charge in [0.25, 0.3) is 0 Å². The van der Waals surface area contributed by atoms with E-state index in [9.17, 15) is 0 Å². The highest BCUT2D eigenvalue weighted by Crippen LogP contribution is 2.34. The summed E-state index contributed by atoms with van der Waals surface area (Å²) in [5.74, 6) is 1.95. The average Bonchev–Trinajstić information content (AvgIpc) is 2.65. The minimum Gasteiger partial charge on any atom is -0.492 e. The lowest BCUT2D eigenvalue weighted by atomic mass is 9.80. The molecule has 0 unspecified atom stereocenters. The molecule has 2 saturated heterocycles. The lowest BCUT2D eigenvalue weighted by Gasteiger charge is -2.45. The van der Waals surface area contributed by atoms with Crippen LogP contribution >= 0.6 is 0 Å². The third kappa shape index (κ3) is 3.81. The van der Waals surface area contributed by atoms with Crippen molar-refractivity contribution in [1.82, 2.24) is 4.90 Å². The normalized spacial score (nSPS) is 23.3. The molecular formula is C22H27NO. The van der Waals surface area contributed by atoms with Crippen LogP contribution in [0, 0.1) is 5.92 Å². The van der Waals surface area contributed by atoms with Crippen molar-refractivity contribution in [3.63, 3.8) is 0 Å². The van der Waals surface area contributed by atoms with E-state index in [2.05, 4.69) is 59.5 Å². The van der Waals surface area contributed by atoms with Crippen LogP contribution in [-0.4, -0.2) is 30.6 Å². The maximum Gasteiger partial charge on any atom is 0.119 e. The summed E-state index contributed by atoms with van der Waals surface area (Å²) in [5.41, 5.74) is 2.69. The second-order valence-corrected chi connectivity index (χ2v) is 7.32. The molecule has 5 rings (SSSR count). The zero-order chi connectivity index (χ0) is 16.2. The van der Waals surface area contributed by atoms with E-state index in [1.807, 2.05) is 0 Å². The standard InChI is InChI=1S/C22H27NO/c1-2-4-18(5-3-1)16-19-8-12-22(13-9-19)24-15-14-23-17-20-6-10-21(23)11-7-20/h1-5,8-9,12-13,20-21H,6-7,10-11,14-17H2. The Bertz CT molecular complexity index is 629. The Morgan fingerprint density at radius 2 is 1.54 bits per heavy atom. The molecule has 0 atom stereocenters. The summed E-state index contributed by atoms with van der Waals surface area (Å²) in [6.07, 6.45) is 6.69. The van der Waals surface area contributed by atoms with Gasteiger partial charge in [-0.05, 0) is 61.3 Å². The molecule has 3 fully saturated rings. The van der Waals surface area contributed by atoms with Gasteiger partial charge in [-0.3, -0.25) is 4.90 Å². The van der Waals surface area contributed by atoms with Crippen LogP contribution in [0.4, 0.5) is 0 Å². The topological polar surface area (TPSA) is 12.5 Å². The molecule has 0 radical (unpaired) electrons. The number of piperidine rings is 2. The fourth-order valence-corrected chi connectivity index (χ4v) is 4.26. The summed E-state index contributed by atoms with van der Waals surface area (Å²) in [4.78, 5) is 2.65. The first-order valence-electron chi connectivity index (χ1n) is 9.36. The van der Waals surface area contributed by atoms with Gasteiger partial charge >= 0.3 is 0 Å². The molecule has 0 N–H and O–H groups in total. The molecule has 2 heteroatoms. The van der Waals surface area contributed by atoms with Gasteiger partial charge in [-0.1, -0.05) is 42.5 Å². The Labute approximate surface area is 145 Å². The SMILES string of the molecule is c1ccc(Cc2ccc(OCCN3CC4CCC3CC4)cc2)cc1. The number of nitrogens with zero attached hydrogens (tertiary/aromatic N) is 1. The third-order valence-electron chi connectivity index (χ3n) is 5.65. The predicted molar refractivity (Wildman–Crippen MR) is 98.5 cm³/mol. The maximum absolute atomic E-state index is 5.98. The van der Waals surface area contributed by atoms with Gasteiger partial charge in [0.1, 0.15) is 12.4 Å². The zero-order valence-electron chi connectivity index (χ0n) is 14.4. The molecule has 0 aromatic heterocycles. The Kier molecular flexibility index (Phi) is 4.84. The van der Waals surface area contributed by atoms with Crippen LogP contribution in [-0.2, 0) is 6.42 Å². The molecule has 1 saturated carbocycles. The van der Waals surface area contributed by atoms with E-state index in [1.165, 1.54) is 43.4 Å². The molecule has 2 heterocycles. The molecule has 0 spiro atoms. The lowest BCUT2D eigenvalue weighted by Crippen LogP contribution is -2.49. The van der Waals surface area contributed by atoms with Gasteiger partial charge in [0.2, 0.25) is 0 Å². The summed E-state index contributed by atoms with van der Waals surface area (Å²) in [6, 6.07) is 20.0. The molecule has 2 nitrogen and oxygen atoms in total. The molecule has 2 bridgehead atoms. The molecule has 1 aliphatic carbocycles. The molecule has 126 valence electrons. The molecule has 2 aromatic rings. The highest BCUT2D eigenvalue weighted by atomic mass is 16.5. The van der Waals surface area contributed by atoms with Crippen molar-refractivity contribution in [2.75, 3.05) is 19.7 Å². The van der Waals surface area contributed by atoms with E-state index in [-0.39, 0.29) is 0 Å². The first-order chi connectivity index (χ1) is 11.9. The predicted octanol–water partition coefficient (Wildman–Crippen LogP) is 4.53. The van der Waals surface area contributed by atoms with Gasteiger partial charge in [-0.15, -0.1) is 0 Å². The second kappa shape index (κ2) is 7.40. The van der Waals surface area contributed by atoms with Gasteiger partial charge in [-0.25, -0.2) is 0 Å². The lowest BCUT2D eigenvalue weighted by molar-refractivity contribution is 0.0388. The highest BCUT2D eigenvalue weighted by Gasteiger charge is 2.33. The van der Waals surface area contributed by atoms with Crippen LogP contribution in [0.3, 0.4) is 0 Å². The van der Waals surface area contributed by atoms with E-state index < -0.39 is 0 Å². The minimum absolute atomic E-state index is 0.807. The largest absolute Gasteiger partial charge is 0.492 e. The van der Waals surface area contributed by atoms with Crippen molar-refractivity contribution in [2.24, 2.45) is 5.92 Å². The summed E-state index contributed by atoms with van der Waals surface area (Å²) < 4.78 is 5.98. The van der Waals surface area contributed by atoms with Gasteiger partial charge in [-0.2, -0.15) is 0 Å². The molecule has 3 aliphatic rings. The number of hydrogen-bond donors (Lipinski definition) is 0. The zero-order valence-corrected chi connectivity index (χ0v) is 14.4. The molecule has 24 heavy (non-hydrogen) atoms. The van der Waals surface area contributed by atoms with Crippen LogP contribution in [0.25, 0.3) is 0 Å². The Balaban J connectivity index is 1.25. The van der Waals surface area contributed by atoms with E-state index in [4.69, 9.17) is 4.74 Å². The van der Waals surface area contributed by atoms with Gasteiger partial charge in [0.15, 0.2) is 0 Å². The third-order valence-corrected chi connectivity index (χ3v) is 5.65. The summed E-state index contributed by atoms with van der Waals surface area (Å²) in [5, 5.41) is 0. The number of ether oxygens (including phenoxy) is 1. The smallest absolute Gasteiger partial charge is 0.119 e. The molecule has 2 aliphatic heterocycles. The summed E-state index contributed by atoms with van der Waals surface area (Å²) in [6.45, 7) is 3.18. The van der Waals surface area contributed by atoms with Gasteiger partial charge < -0.3 is 4.74 Å². The van der Waals surface area contributed by atoms with E-state index in [0.29, 0.717) is 0 Å². The molecular weight excluding hydrogens is 294 g/mol. The van der Waals surface area contributed by atoms with Crippen LogP contribution in [0.5, 0.6) is 5.75 Å². The Hall–Kier alpha value is -1.80. The maximum atomic E-state index is 5.98. The van der Waals surface area contributed by atoms with E-state index in [0.717, 1.165) is 37.3 Å². The molecule has 2 aromatic carbocycles. The fourth-order valence-electron chi connectivity index (χ4n) is 4.26. The first kappa shape index (κ1) is 15.7. The Morgan fingerprint density at radius 1 is 0.833 bits per heavy atom. The number of hydrogen-bond acceptors (Lipinski definition) is 2. The van der Waals surface area contributed by atoms with Crippen LogP contribution in [0.2, 0.25) is 0 Å². The molecule has 0 amide bonds. The summed E-state index contributed by atoms with van der Waals surface area (Å²) in [7, 11) is 0. The van der Waals surface area contributed by atoms with Gasteiger partial charge in [0.05, 0.1) is 0 Å². The van der Waals surface area contributed by atoms with Crippen LogP contribution < -0.4 is 4.74 Å². The van der Waals surface area contributed by atoms with Crippen molar-refractivity contribution >= 4 is 0 Å². The first-order valence-corrected chi connectivity index (χ1v) is 9.36. The van der Waals surface area contributed by atoms with E-state index in [1.54, 1.807) is 0 Å². The van der Waals surface area contributed by atoms with Crippen LogP contribution in [0.1, 0.15) is 36.8 Å². The minimum atomic E-state index is 0.807. The average molecular weight is 321 g/mol. The Morgan fingerprint density at radius 3 is 2.21 bits per heavy atom. The van der Waals surface area contributed by atoms with Crippen molar-refractivity contribution in [1.29, 1.82) is 0 Å². The van der Waals surface area contributed by atoms with Crippen molar-refractivity contribution in [3.05, 3.63) is 65.7 Å². The van der Waals surface area contributed by atoms with E-state index >= 15 is 0 Å². The summed E-state index contributed by atoms with van der Waals surface area (Å²) >= 11 is 0. The van der Waals surface area contributed by atoms with Crippen molar-refractivity contribution in [2.45, 2.75) is 38.1 Å². The van der Waals surface area contributed by atoms with Crippen LogP contribution in [0.15, 0.2) is 54.6 Å².